The van der Waals surface area contributed by atoms with Crippen LogP contribution in [-0.4, -0.2) is 11.1 Å². The van der Waals surface area contributed by atoms with Crippen LogP contribution >= 0.6 is 11.3 Å². The summed E-state index contributed by atoms with van der Waals surface area (Å²) in [4.78, 5) is 2.47. The van der Waals surface area contributed by atoms with Crippen molar-refractivity contribution in [3.05, 3.63) is 236 Å². The highest BCUT2D eigenvalue weighted by atomic mass is 32.1. The van der Waals surface area contributed by atoms with Gasteiger partial charge in [-0.1, -0.05) is 158 Å². The minimum Gasteiger partial charge on any atom is -0.455 e. The van der Waals surface area contributed by atoms with Crippen LogP contribution in [0, 0.1) is 6.92 Å². The topological polar surface area (TPSA) is 21.3 Å². The summed E-state index contributed by atoms with van der Waals surface area (Å²) >= 11 is 1.88. The van der Waals surface area contributed by atoms with Crippen LogP contribution in [0.25, 0.3) is 103 Å². The van der Waals surface area contributed by atoms with Gasteiger partial charge in [-0.2, -0.15) is 0 Å². The zero-order valence-electron chi connectivity index (χ0n) is 37.0. The van der Waals surface area contributed by atoms with Gasteiger partial charge in [-0.15, -0.1) is 11.3 Å². The van der Waals surface area contributed by atoms with Crippen molar-refractivity contribution in [2.75, 3.05) is 11.4 Å². The first-order valence-corrected chi connectivity index (χ1v) is 23.9. The van der Waals surface area contributed by atoms with Crippen molar-refractivity contribution in [3.63, 3.8) is 0 Å². The molecule has 0 atom stereocenters. The van der Waals surface area contributed by atoms with Gasteiger partial charge in [0, 0.05) is 70.9 Å². The Balaban J connectivity index is 0.839. The van der Waals surface area contributed by atoms with Gasteiger partial charge in [0.25, 0.3) is 0 Å². The zero-order chi connectivity index (χ0) is 44.4. The molecule has 3 nitrogen and oxygen atoms in total. The molecule has 10 aromatic carbocycles. The highest BCUT2D eigenvalue weighted by molar-refractivity contribution is 7.26. The number of thiophene rings is 1. The molecule has 0 unspecified atom stereocenters. The number of rotatable bonds is 9. The lowest BCUT2D eigenvalue weighted by Gasteiger charge is -2.26. The molecule has 0 saturated heterocycles. The number of benzene rings is 10. The average molecular weight is 877 g/mol. The minimum atomic E-state index is 0.813. The fourth-order valence-corrected chi connectivity index (χ4v) is 11.5. The number of hydrogen-bond donors (Lipinski definition) is 0. The van der Waals surface area contributed by atoms with E-state index in [1.54, 1.807) is 0 Å². The molecular weight excluding hydrogens is 833 g/mol. The summed E-state index contributed by atoms with van der Waals surface area (Å²) in [7, 11) is 0. The molecule has 0 spiro atoms. The third kappa shape index (κ3) is 6.80. The number of aromatic nitrogens is 1. The smallest absolute Gasteiger partial charge is 0.143 e. The van der Waals surface area contributed by atoms with Gasteiger partial charge in [0.05, 0.1) is 11.0 Å². The molecular formula is C63H44N2OS. The molecule has 0 aliphatic rings. The van der Waals surface area contributed by atoms with Crippen molar-refractivity contribution in [2.24, 2.45) is 0 Å². The number of furan rings is 1. The number of fused-ring (bicyclic) bond motifs is 9. The van der Waals surface area contributed by atoms with Gasteiger partial charge in [0.2, 0.25) is 0 Å². The second-order valence-electron chi connectivity index (χ2n) is 17.7. The van der Waals surface area contributed by atoms with Crippen LogP contribution < -0.4 is 4.90 Å². The van der Waals surface area contributed by atoms with E-state index >= 15 is 0 Å². The summed E-state index contributed by atoms with van der Waals surface area (Å²) in [5, 5.41) is 7.46. The molecule has 0 radical (unpaired) electrons. The molecule has 0 aliphatic carbocycles. The average Bonchev–Trinajstić information content (AvgIpc) is 4.07. The minimum absolute atomic E-state index is 0.813. The van der Waals surface area contributed by atoms with Gasteiger partial charge in [0.1, 0.15) is 11.2 Å². The predicted molar refractivity (Wildman–Crippen MR) is 286 cm³/mol. The zero-order valence-corrected chi connectivity index (χ0v) is 37.8. The number of aryl methyl sites for hydroxylation is 1. The van der Waals surface area contributed by atoms with E-state index in [4.69, 9.17) is 4.42 Å². The van der Waals surface area contributed by atoms with Crippen LogP contribution in [0.15, 0.2) is 229 Å². The second-order valence-corrected chi connectivity index (χ2v) is 18.7. The van der Waals surface area contributed by atoms with E-state index in [1.807, 2.05) is 23.5 Å². The first-order valence-electron chi connectivity index (χ1n) is 23.1. The van der Waals surface area contributed by atoms with Crippen molar-refractivity contribution < 1.29 is 4.42 Å². The van der Waals surface area contributed by atoms with E-state index in [-0.39, 0.29) is 0 Å². The largest absolute Gasteiger partial charge is 0.455 e. The highest BCUT2D eigenvalue weighted by Crippen LogP contribution is 2.42. The monoisotopic (exact) mass is 876 g/mol. The molecule has 0 saturated carbocycles. The van der Waals surface area contributed by atoms with Gasteiger partial charge >= 0.3 is 0 Å². The first kappa shape index (κ1) is 39.2. The summed E-state index contributed by atoms with van der Waals surface area (Å²) in [6, 6.07) is 82.0. The van der Waals surface area contributed by atoms with Crippen LogP contribution in [0.1, 0.15) is 11.1 Å². The molecule has 0 N–H and O–H groups in total. The molecule has 67 heavy (non-hydrogen) atoms. The van der Waals surface area contributed by atoms with Gasteiger partial charge < -0.3 is 13.9 Å². The maximum absolute atomic E-state index is 6.40. The first-order chi connectivity index (χ1) is 33.1. The van der Waals surface area contributed by atoms with E-state index in [1.165, 1.54) is 86.7 Å². The van der Waals surface area contributed by atoms with E-state index < -0.39 is 0 Å². The summed E-state index contributed by atoms with van der Waals surface area (Å²) in [5.74, 6) is 0. The van der Waals surface area contributed by atoms with E-state index in [0.29, 0.717) is 0 Å². The van der Waals surface area contributed by atoms with Crippen molar-refractivity contribution in [2.45, 2.75) is 13.3 Å². The van der Waals surface area contributed by atoms with Gasteiger partial charge in [-0.05, 0) is 119 Å². The molecule has 0 aliphatic heterocycles. The van der Waals surface area contributed by atoms with Crippen LogP contribution in [0.5, 0.6) is 0 Å². The van der Waals surface area contributed by atoms with Crippen molar-refractivity contribution in [3.8, 4) is 39.1 Å². The van der Waals surface area contributed by atoms with Gasteiger partial charge in [-0.25, -0.2) is 0 Å². The molecule has 0 amide bonds. The second kappa shape index (κ2) is 16.1. The van der Waals surface area contributed by atoms with E-state index in [0.717, 1.165) is 51.7 Å². The lowest BCUT2D eigenvalue weighted by atomic mass is 10.00. The Morgan fingerprint density at radius 2 is 1.06 bits per heavy atom. The molecule has 3 heterocycles. The third-order valence-electron chi connectivity index (χ3n) is 13.6. The summed E-state index contributed by atoms with van der Waals surface area (Å²) in [5.41, 5.74) is 17.5. The van der Waals surface area contributed by atoms with Crippen LogP contribution in [0.4, 0.5) is 11.4 Å². The Labute approximate surface area is 393 Å². The lowest BCUT2D eigenvalue weighted by Crippen LogP contribution is -2.20. The molecule has 318 valence electrons. The molecule has 0 fully saturated rings. The van der Waals surface area contributed by atoms with Gasteiger partial charge in [0.15, 0.2) is 0 Å². The molecule has 3 aromatic heterocycles. The number of para-hydroxylation sites is 3. The maximum atomic E-state index is 6.40. The molecule has 0 bridgehead atoms. The fourth-order valence-electron chi connectivity index (χ4n) is 10.3. The van der Waals surface area contributed by atoms with E-state index in [2.05, 4.69) is 229 Å². The summed E-state index contributed by atoms with van der Waals surface area (Å²) in [6.07, 6.45) is 0.876. The third-order valence-corrected chi connectivity index (χ3v) is 14.9. The SMILES string of the molecule is Cc1cccc(-n2c3ccccc3c3cc(-c4ccc(N(CCc5ccc(-c6cccc7c6oc6ccccc67)cc5)c5ccc(-c6cccc7c6sc6ccccc67)cc5)cc4)ccc32)c1. The Morgan fingerprint density at radius 3 is 1.87 bits per heavy atom. The van der Waals surface area contributed by atoms with Crippen molar-refractivity contribution >= 4 is 86.6 Å². The quantitative estimate of drug-likeness (QED) is 0.144. The fraction of sp³-hybridized carbons (Fsp3) is 0.0476. The molecule has 13 rings (SSSR count). The Kier molecular flexibility index (Phi) is 9.40. The summed E-state index contributed by atoms with van der Waals surface area (Å²) in [6.45, 7) is 2.97. The molecule has 4 heteroatoms. The number of nitrogens with zero attached hydrogens (tertiary/aromatic N) is 2. The maximum Gasteiger partial charge on any atom is 0.143 e. The standard InChI is InChI=1S/C63H44N2OS/c1-41-11-8-12-49(39-41)65-58-20-5-2-13-52(58)57-40-46(31-36-59(57)65)43-27-32-47(33-28-43)64(48-34-29-45(30-35-48)51-17-10-19-56-54-15-4-7-22-61(54)67-63(51)56)38-37-42-23-25-44(26-24-42)50-16-9-18-55-53-14-3-6-21-60(53)66-62(50)55/h2-36,39-40H,37-38H2,1H3. The van der Waals surface area contributed by atoms with Crippen LogP contribution in [-0.2, 0) is 6.42 Å². The highest BCUT2D eigenvalue weighted by Gasteiger charge is 2.17. The Hall–Kier alpha value is -8.18. The molecule has 13 aromatic rings. The number of anilines is 2. The van der Waals surface area contributed by atoms with Gasteiger partial charge in [-0.3, -0.25) is 0 Å². The number of hydrogen-bond acceptors (Lipinski definition) is 3. The van der Waals surface area contributed by atoms with Crippen molar-refractivity contribution in [1.82, 2.24) is 4.57 Å². The summed E-state index contributed by atoms with van der Waals surface area (Å²) < 4.78 is 11.5. The predicted octanol–water partition coefficient (Wildman–Crippen LogP) is 17.7. The van der Waals surface area contributed by atoms with Crippen molar-refractivity contribution in [1.29, 1.82) is 0 Å². The Bertz CT molecular complexity index is 3980. The normalized spacial score (nSPS) is 11.8. The van der Waals surface area contributed by atoms with Crippen LogP contribution in [0.3, 0.4) is 0 Å². The van der Waals surface area contributed by atoms with E-state index in [9.17, 15) is 0 Å². The Morgan fingerprint density at radius 1 is 0.448 bits per heavy atom. The van der Waals surface area contributed by atoms with Crippen LogP contribution in [0.2, 0.25) is 0 Å². The lowest BCUT2D eigenvalue weighted by molar-refractivity contribution is 0.670.